The monoisotopic (exact) mass is 404 g/mol. The van der Waals surface area contributed by atoms with Crippen molar-refractivity contribution >= 4 is 22.1 Å². The lowest BCUT2D eigenvalue weighted by Crippen LogP contribution is -1.90. The fourth-order valence-electron chi connectivity index (χ4n) is 3.70. The number of aromatic nitrogens is 8. The number of hydrogen-bond acceptors (Lipinski definition) is 6. The van der Waals surface area contributed by atoms with Gasteiger partial charge in [-0.05, 0) is 42.8 Å². The molecule has 0 fully saturated rings. The predicted molar refractivity (Wildman–Crippen MR) is 118 cm³/mol. The van der Waals surface area contributed by atoms with Crippen molar-refractivity contribution in [1.82, 2.24) is 40.1 Å². The number of H-pyrrole nitrogens is 2. The summed E-state index contributed by atoms with van der Waals surface area (Å²) in [6, 6.07) is 11.7. The van der Waals surface area contributed by atoms with E-state index in [1.165, 1.54) is 0 Å². The van der Waals surface area contributed by atoms with Crippen LogP contribution in [0.3, 0.4) is 0 Å². The Morgan fingerprint density at radius 1 is 0.742 bits per heavy atom. The second kappa shape index (κ2) is 6.81. The molecule has 6 aromatic heterocycles. The molecule has 0 radical (unpaired) electrons. The maximum absolute atomic E-state index is 4.87. The first-order chi connectivity index (χ1) is 15.3. The molecule has 6 rings (SSSR count). The van der Waals surface area contributed by atoms with Gasteiger partial charge in [0.2, 0.25) is 0 Å². The summed E-state index contributed by atoms with van der Waals surface area (Å²) in [6.45, 7) is 2.05. The van der Waals surface area contributed by atoms with Crippen LogP contribution in [0.15, 0.2) is 67.4 Å². The Morgan fingerprint density at radius 2 is 1.68 bits per heavy atom. The quantitative estimate of drug-likeness (QED) is 0.454. The molecule has 31 heavy (non-hydrogen) atoms. The van der Waals surface area contributed by atoms with Crippen molar-refractivity contribution in [1.29, 1.82) is 0 Å². The molecule has 0 bridgehead atoms. The third-order valence-electron chi connectivity index (χ3n) is 5.28. The third-order valence-corrected chi connectivity index (χ3v) is 5.28. The molecule has 0 unspecified atom stereocenters. The van der Waals surface area contributed by atoms with Crippen LogP contribution in [0, 0.1) is 6.92 Å². The normalized spacial score (nSPS) is 11.4. The maximum Gasteiger partial charge on any atom is 0.161 e. The second-order valence-corrected chi connectivity index (χ2v) is 7.24. The molecule has 0 aliphatic carbocycles. The molecule has 0 saturated carbocycles. The molecule has 0 aliphatic rings. The van der Waals surface area contributed by atoms with Gasteiger partial charge in [0.15, 0.2) is 11.5 Å². The first-order valence-corrected chi connectivity index (χ1v) is 9.79. The van der Waals surface area contributed by atoms with Gasteiger partial charge in [0.05, 0.1) is 28.6 Å². The average molecular weight is 404 g/mol. The summed E-state index contributed by atoms with van der Waals surface area (Å²) >= 11 is 0. The Balaban J connectivity index is 1.52. The lowest BCUT2D eigenvalue weighted by Gasteiger charge is -2.04. The van der Waals surface area contributed by atoms with Gasteiger partial charge < -0.3 is 4.98 Å². The summed E-state index contributed by atoms with van der Waals surface area (Å²) in [6.07, 6.45) is 8.90. The standard InChI is InChI=1S/C23H16N8/c1-13-7-9-24-10-14(13)17-5-6-18-21(27-17)22(31-30-18)23-28-19-12-25-11-15(20(19)29-23)16-4-2-3-8-26-16/h2-12H,1H3,(H,28,29)(H,30,31). The van der Waals surface area contributed by atoms with Gasteiger partial charge in [-0.15, -0.1) is 0 Å². The van der Waals surface area contributed by atoms with Crippen molar-refractivity contribution in [2.45, 2.75) is 6.92 Å². The summed E-state index contributed by atoms with van der Waals surface area (Å²) in [4.78, 5) is 26.1. The van der Waals surface area contributed by atoms with E-state index in [2.05, 4.69) is 30.1 Å². The number of nitrogens with zero attached hydrogens (tertiary/aromatic N) is 6. The number of nitrogens with one attached hydrogen (secondary N) is 2. The van der Waals surface area contributed by atoms with Crippen molar-refractivity contribution in [3.8, 4) is 34.0 Å². The molecule has 0 amide bonds. The summed E-state index contributed by atoms with van der Waals surface area (Å²) in [5.41, 5.74) is 8.46. The SMILES string of the molecule is Cc1ccncc1-c1ccc2[nH]nc(-c3nc4c(-c5ccccn5)cncc4[nH]3)c2n1. The largest absolute Gasteiger partial charge is 0.335 e. The molecular weight excluding hydrogens is 388 g/mol. The van der Waals surface area contributed by atoms with Crippen LogP contribution in [0.5, 0.6) is 0 Å². The van der Waals surface area contributed by atoms with E-state index in [0.717, 1.165) is 50.1 Å². The Morgan fingerprint density at radius 3 is 2.55 bits per heavy atom. The van der Waals surface area contributed by atoms with Crippen LogP contribution >= 0.6 is 0 Å². The summed E-state index contributed by atoms with van der Waals surface area (Å²) in [5, 5.41) is 7.54. The summed E-state index contributed by atoms with van der Waals surface area (Å²) < 4.78 is 0. The lowest BCUT2D eigenvalue weighted by atomic mass is 10.1. The zero-order chi connectivity index (χ0) is 20.8. The lowest BCUT2D eigenvalue weighted by molar-refractivity contribution is 1.10. The Hall–Kier alpha value is -4.46. The molecular formula is C23H16N8. The van der Waals surface area contributed by atoms with Crippen LogP contribution in [0.1, 0.15) is 5.56 Å². The first kappa shape index (κ1) is 17.4. The Kier molecular flexibility index (Phi) is 3.82. The molecule has 8 nitrogen and oxygen atoms in total. The van der Waals surface area contributed by atoms with E-state index in [1.54, 1.807) is 24.8 Å². The fourth-order valence-corrected chi connectivity index (χ4v) is 3.70. The van der Waals surface area contributed by atoms with Gasteiger partial charge in [-0.2, -0.15) is 5.10 Å². The van der Waals surface area contributed by atoms with E-state index in [9.17, 15) is 0 Å². The molecule has 0 atom stereocenters. The van der Waals surface area contributed by atoms with E-state index in [1.807, 2.05) is 49.5 Å². The van der Waals surface area contributed by atoms with Crippen LogP contribution in [0.2, 0.25) is 0 Å². The molecule has 2 N–H and O–H groups in total. The molecule has 148 valence electrons. The van der Waals surface area contributed by atoms with Crippen LogP contribution in [-0.2, 0) is 0 Å². The Bertz CT molecular complexity index is 1550. The van der Waals surface area contributed by atoms with Gasteiger partial charge >= 0.3 is 0 Å². The molecule has 0 spiro atoms. The number of aromatic amines is 2. The summed E-state index contributed by atoms with van der Waals surface area (Å²) in [5.74, 6) is 0.624. The van der Waals surface area contributed by atoms with Crippen LogP contribution in [0.4, 0.5) is 0 Å². The van der Waals surface area contributed by atoms with Crippen LogP contribution < -0.4 is 0 Å². The smallest absolute Gasteiger partial charge is 0.161 e. The highest BCUT2D eigenvalue weighted by atomic mass is 15.2. The third kappa shape index (κ3) is 2.84. The highest BCUT2D eigenvalue weighted by molar-refractivity contribution is 5.95. The number of fused-ring (bicyclic) bond motifs is 2. The molecule has 6 aromatic rings. The molecule has 0 saturated heterocycles. The van der Waals surface area contributed by atoms with Crippen LogP contribution in [0.25, 0.3) is 56.1 Å². The van der Waals surface area contributed by atoms with Crippen LogP contribution in [-0.4, -0.2) is 40.1 Å². The highest BCUT2D eigenvalue weighted by Crippen LogP contribution is 2.30. The average Bonchev–Trinajstić information content (AvgIpc) is 3.43. The van der Waals surface area contributed by atoms with Crippen molar-refractivity contribution in [3.05, 3.63) is 72.9 Å². The zero-order valence-electron chi connectivity index (χ0n) is 16.5. The van der Waals surface area contributed by atoms with E-state index in [4.69, 9.17) is 9.97 Å². The van der Waals surface area contributed by atoms with Crippen molar-refractivity contribution in [2.75, 3.05) is 0 Å². The molecule has 6 heterocycles. The van der Waals surface area contributed by atoms with Gasteiger partial charge in [0.1, 0.15) is 11.0 Å². The fraction of sp³-hybridized carbons (Fsp3) is 0.0435. The first-order valence-electron chi connectivity index (χ1n) is 9.79. The van der Waals surface area contributed by atoms with E-state index < -0.39 is 0 Å². The minimum absolute atomic E-state index is 0.624. The van der Waals surface area contributed by atoms with Gasteiger partial charge in [-0.3, -0.25) is 20.1 Å². The topological polar surface area (TPSA) is 109 Å². The van der Waals surface area contributed by atoms with Gasteiger partial charge in [0.25, 0.3) is 0 Å². The van der Waals surface area contributed by atoms with Crippen molar-refractivity contribution in [3.63, 3.8) is 0 Å². The second-order valence-electron chi connectivity index (χ2n) is 7.24. The van der Waals surface area contributed by atoms with Gasteiger partial charge in [0, 0.05) is 35.9 Å². The maximum atomic E-state index is 4.87. The minimum atomic E-state index is 0.624. The van der Waals surface area contributed by atoms with Crippen molar-refractivity contribution < 1.29 is 0 Å². The number of aryl methyl sites for hydroxylation is 1. The number of imidazole rings is 1. The minimum Gasteiger partial charge on any atom is -0.335 e. The van der Waals surface area contributed by atoms with E-state index in [0.29, 0.717) is 11.5 Å². The molecule has 0 aromatic carbocycles. The highest BCUT2D eigenvalue weighted by Gasteiger charge is 2.17. The van der Waals surface area contributed by atoms with Crippen molar-refractivity contribution in [2.24, 2.45) is 0 Å². The predicted octanol–water partition coefficient (Wildman–Crippen LogP) is 4.33. The molecule has 0 aliphatic heterocycles. The number of hydrogen-bond donors (Lipinski definition) is 2. The zero-order valence-corrected chi connectivity index (χ0v) is 16.5. The molecule has 8 heteroatoms. The van der Waals surface area contributed by atoms with E-state index in [-0.39, 0.29) is 0 Å². The summed E-state index contributed by atoms with van der Waals surface area (Å²) in [7, 11) is 0. The number of pyridine rings is 4. The van der Waals surface area contributed by atoms with Gasteiger partial charge in [-0.1, -0.05) is 6.07 Å². The number of rotatable bonds is 3. The van der Waals surface area contributed by atoms with Gasteiger partial charge in [-0.25, -0.2) is 9.97 Å². The van der Waals surface area contributed by atoms with E-state index >= 15 is 0 Å². The Labute approximate surface area is 176 Å².